The van der Waals surface area contributed by atoms with E-state index in [0.29, 0.717) is 19.0 Å². The maximum atomic E-state index is 12.5. The van der Waals surface area contributed by atoms with Gasteiger partial charge in [-0.1, -0.05) is 0 Å². The van der Waals surface area contributed by atoms with Gasteiger partial charge in [0.15, 0.2) is 0 Å². The van der Waals surface area contributed by atoms with Crippen LogP contribution in [-0.4, -0.2) is 52.4 Å². The van der Waals surface area contributed by atoms with Crippen molar-refractivity contribution in [1.82, 2.24) is 14.4 Å². The molecule has 0 radical (unpaired) electrons. The minimum Gasteiger partial charge on any atom is -0.347 e. The summed E-state index contributed by atoms with van der Waals surface area (Å²) >= 11 is 0. The Morgan fingerprint density at radius 2 is 1.90 bits per heavy atom. The first-order chi connectivity index (χ1) is 10.1. The average molecular weight is 289 g/mol. The lowest BCUT2D eigenvalue weighted by Crippen LogP contribution is -2.46. The molecule has 0 saturated carbocycles. The smallest absolute Gasteiger partial charge is 0.270 e. The Kier molecular flexibility index (Phi) is 3.51. The van der Waals surface area contributed by atoms with Crippen LogP contribution in [0.3, 0.4) is 0 Å². The Hall–Kier alpha value is -1.78. The highest BCUT2D eigenvalue weighted by molar-refractivity contribution is 5.93. The van der Waals surface area contributed by atoms with Crippen molar-refractivity contribution < 1.29 is 9.59 Å². The first-order valence-electron chi connectivity index (χ1n) is 7.77. The average Bonchev–Trinajstić information content (AvgIpc) is 3.05. The van der Waals surface area contributed by atoms with E-state index >= 15 is 0 Å². The molecule has 5 heteroatoms. The van der Waals surface area contributed by atoms with Crippen molar-refractivity contribution in [3.8, 4) is 0 Å². The molecule has 1 aromatic rings. The van der Waals surface area contributed by atoms with E-state index < -0.39 is 0 Å². The summed E-state index contributed by atoms with van der Waals surface area (Å²) < 4.78 is 1.85. The van der Waals surface area contributed by atoms with E-state index in [1.165, 1.54) is 0 Å². The van der Waals surface area contributed by atoms with Crippen molar-refractivity contribution in [2.45, 2.75) is 26.2 Å². The molecule has 2 amide bonds. The van der Waals surface area contributed by atoms with Crippen molar-refractivity contribution in [3.05, 3.63) is 24.0 Å². The highest BCUT2D eigenvalue weighted by atomic mass is 16.2. The van der Waals surface area contributed by atoms with Crippen LogP contribution in [0.4, 0.5) is 0 Å². The summed E-state index contributed by atoms with van der Waals surface area (Å²) in [6.07, 6.45) is 4.45. The van der Waals surface area contributed by atoms with E-state index in [2.05, 4.69) is 0 Å². The first-order valence-corrected chi connectivity index (χ1v) is 7.77. The van der Waals surface area contributed by atoms with Gasteiger partial charge in [0.1, 0.15) is 5.69 Å². The second-order valence-electron chi connectivity index (χ2n) is 6.21. The van der Waals surface area contributed by atoms with Crippen LogP contribution in [0.1, 0.15) is 36.7 Å². The second-order valence-corrected chi connectivity index (χ2v) is 6.21. The number of nitrogens with zero attached hydrogens (tertiary/aromatic N) is 3. The molecule has 0 N–H and O–H groups in total. The molecule has 0 bridgehead atoms. The SMILES string of the molecule is CCN1CCC2(CCN(C(=O)c3cccn3C)CC2)C1=O. The predicted octanol–water partition coefficient (Wildman–Crippen LogP) is 1.50. The lowest BCUT2D eigenvalue weighted by Gasteiger charge is -2.38. The number of carbonyl (C=O) groups excluding carboxylic acids is 2. The van der Waals surface area contributed by atoms with Crippen LogP contribution in [-0.2, 0) is 11.8 Å². The molecule has 2 aliphatic rings. The molecule has 2 fully saturated rings. The molecule has 21 heavy (non-hydrogen) atoms. The van der Waals surface area contributed by atoms with Gasteiger partial charge in [0.05, 0.1) is 5.41 Å². The Labute approximate surface area is 125 Å². The van der Waals surface area contributed by atoms with E-state index in [9.17, 15) is 9.59 Å². The van der Waals surface area contributed by atoms with E-state index in [1.807, 2.05) is 46.7 Å². The number of hydrogen-bond donors (Lipinski definition) is 0. The molecule has 3 heterocycles. The third kappa shape index (κ3) is 2.24. The van der Waals surface area contributed by atoms with Crippen molar-refractivity contribution >= 4 is 11.8 Å². The van der Waals surface area contributed by atoms with Crippen molar-refractivity contribution in [2.24, 2.45) is 12.5 Å². The summed E-state index contributed by atoms with van der Waals surface area (Å²) in [5, 5.41) is 0. The van der Waals surface area contributed by atoms with Crippen LogP contribution in [0.5, 0.6) is 0 Å². The van der Waals surface area contributed by atoms with E-state index in [1.54, 1.807) is 0 Å². The van der Waals surface area contributed by atoms with Gasteiger partial charge < -0.3 is 14.4 Å². The van der Waals surface area contributed by atoms with Gasteiger partial charge in [0.2, 0.25) is 5.91 Å². The molecule has 5 nitrogen and oxygen atoms in total. The Balaban J connectivity index is 1.67. The van der Waals surface area contributed by atoms with Crippen LogP contribution in [0.25, 0.3) is 0 Å². The van der Waals surface area contributed by atoms with Gasteiger partial charge >= 0.3 is 0 Å². The molecule has 2 aliphatic heterocycles. The van der Waals surface area contributed by atoms with Gasteiger partial charge in [-0.05, 0) is 38.3 Å². The number of likely N-dealkylation sites (tertiary alicyclic amines) is 2. The van der Waals surface area contributed by atoms with E-state index in [4.69, 9.17) is 0 Å². The molecule has 114 valence electrons. The zero-order chi connectivity index (χ0) is 15.0. The molecular formula is C16H23N3O2. The maximum absolute atomic E-state index is 12.5. The van der Waals surface area contributed by atoms with E-state index in [-0.39, 0.29) is 11.3 Å². The predicted molar refractivity (Wildman–Crippen MR) is 79.9 cm³/mol. The number of amides is 2. The van der Waals surface area contributed by atoms with Crippen molar-refractivity contribution in [3.63, 3.8) is 0 Å². The topological polar surface area (TPSA) is 45.5 Å². The number of piperidine rings is 1. The highest BCUT2D eigenvalue weighted by Crippen LogP contribution is 2.41. The molecule has 0 atom stereocenters. The molecule has 0 unspecified atom stereocenters. The first kappa shape index (κ1) is 14.2. The largest absolute Gasteiger partial charge is 0.347 e. The molecule has 1 aromatic heterocycles. The maximum Gasteiger partial charge on any atom is 0.270 e. The zero-order valence-electron chi connectivity index (χ0n) is 12.8. The minimum absolute atomic E-state index is 0.0788. The fourth-order valence-electron chi connectivity index (χ4n) is 3.64. The molecular weight excluding hydrogens is 266 g/mol. The number of rotatable bonds is 2. The second kappa shape index (κ2) is 5.20. The zero-order valence-corrected chi connectivity index (χ0v) is 12.8. The molecule has 2 saturated heterocycles. The lowest BCUT2D eigenvalue weighted by atomic mass is 9.77. The molecule has 0 aromatic carbocycles. The molecule has 1 spiro atoms. The van der Waals surface area contributed by atoms with Gasteiger partial charge in [-0.25, -0.2) is 0 Å². The quantitative estimate of drug-likeness (QED) is 0.828. The number of hydrogen-bond acceptors (Lipinski definition) is 2. The standard InChI is InChI=1S/C16H23N3O2/c1-3-18-10-6-16(15(18)21)7-11-19(12-8-16)14(20)13-5-4-9-17(13)2/h4-5,9H,3,6-8,10-12H2,1-2H3. The minimum atomic E-state index is -0.193. The Bertz CT molecular complexity index is 556. The van der Waals surface area contributed by atoms with Crippen LogP contribution in [0.15, 0.2) is 18.3 Å². The summed E-state index contributed by atoms with van der Waals surface area (Å²) in [6.45, 7) is 5.08. The normalized spacial score (nSPS) is 21.3. The summed E-state index contributed by atoms with van der Waals surface area (Å²) in [5.41, 5.74) is 0.528. The van der Waals surface area contributed by atoms with E-state index in [0.717, 1.165) is 38.0 Å². The van der Waals surface area contributed by atoms with Gasteiger partial charge in [-0.3, -0.25) is 9.59 Å². The van der Waals surface area contributed by atoms with Crippen LogP contribution in [0.2, 0.25) is 0 Å². The summed E-state index contributed by atoms with van der Waals surface area (Å²) in [4.78, 5) is 28.8. The van der Waals surface area contributed by atoms with Gasteiger partial charge in [-0.2, -0.15) is 0 Å². The number of aromatic nitrogens is 1. The summed E-state index contributed by atoms with van der Waals surface area (Å²) in [6, 6.07) is 3.74. The monoisotopic (exact) mass is 289 g/mol. The molecule has 3 rings (SSSR count). The van der Waals surface area contributed by atoms with Crippen LogP contribution in [0, 0.1) is 5.41 Å². The highest BCUT2D eigenvalue weighted by Gasteiger charge is 2.48. The summed E-state index contributed by atoms with van der Waals surface area (Å²) in [7, 11) is 1.89. The van der Waals surface area contributed by atoms with Crippen LogP contribution >= 0.6 is 0 Å². The third-order valence-corrected chi connectivity index (χ3v) is 5.15. The van der Waals surface area contributed by atoms with Gasteiger partial charge in [-0.15, -0.1) is 0 Å². The van der Waals surface area contributed by atoms with Gasteiger partial charge in [0, 0.05) is 39.4 Å². The fourth-order valence-corrected chi connectivity index (χ4v) is 3.64. The Morgan fingerprint density at radius 1 is 1.24 bits per heavy atom. The fraction of sp³-hybridized carbons (Fsp3) is 0.625. The van der Waals surface area contributed by atoms with Crippen molar-refractivity contribution in [2.75, 3.05) is 26.2 Å². The van der Waals surface area contributed by atoms with Gasteiger partial charge in [0.25, 0.3) is 5.91 Å². The molecule has 0 aliphatic carbocycles. The lowest BCUT2D eigenvalue weighted by molar-refractivity contribution is -0.137. The summed E-state index contributed by atoms with van der Waals surface area (Å²) in [5.74, 6) is 0.381. The third-order valence-electron chi connectivity index (χ3n) is 5.15. The Morgan fingerprint density at radius 3 is 2.43 bits per heavy atom. The van der Waals surface area contributed by atoms with Crippen LogP contribution < -0.4 is 0 Å². The number of aryl methyl sites for hydroxylation is 1. The number of carbonyl (C=O) groups is 2. The van der Waals surface area contributed by atoms with Crippen molar-refractivity contribution in [1.29, 1.82) is 0 Å².